The minimum absolute atomic E-state index is 0.113. The van der Waals surface area contributed by atoms with E-state index in [1.807, 2.05) is 62.4 Å². The molecule has 0 aromatic heterocycles. The maximum absolute atomic E-state index is 12.1. The quantitative estimate of drug-likeness (QED) is 0.606. The number of carbonyl (C=O) groups excluding carboxylic acids is 1. The van der Waals surface area contributed by atoms with Crippen molar-refractivity contribution in [2.75, 3.05) is 23.8 Å². The first-order chi connectivity index (χ1) is 12.6. The molecule has 2 rings (SSSR count). The van der Waals surface area contributed by atoms with Crippen LogP contribution in [0.2, 0.25) is 0 Å². The molecule has 0 bridgehead atoms. The van der Waals surface area contributed by atoms with E-state index in [2.05, 4.69) is 17.6 Å². The summed E-state index contributed by atoms with van der Waals surface area (Å²) in [6, 6.07) is 15.0. The maximum Gasteiger partial charge on any atom is 0.243 e. The molecule has 0 fully saturated rings. The summed E-state index contributed by atoms with van der Waals surface area (Å²) < 4.78 is 11.3. The van der Waals surface area contributed by atoms with Gasteiger partial charge in [0.25, 0.3) is 0 Å². The van der Waals surface area contributed by atoms with Gasteiger partial charge in [-0.25, -0.2) is 0 Å². The van der Waals surface area contributed by atoms with Crippen molar-refractivity contribution < 1.29 is 14.3 Å². The Morgan fingerprint density at radius 1 is 1.04 bits per heavy atom. The molecular formula is C21H28N2O3. The van der Waals surface area contributed by atoms with Crippen LogP contribution >= 0.6 is 0 Å². The first kappa shape index (κ1) is 19.6. The summed E-state index contributed by atoms with van der Waals surface area (Å²) in [7, 11) is 0. The summed E-state index contributed by atoms with van der Waals surface area (Å²) in [5, 5.41) is 5.98. The van der Waals surface area contributed by atoms with Crippen molar-refractivity contribution in [1.29, 1.82) is 0 Å². The fourth-order valence-electron chi connectivity index (χ4n) is 2.31. The lowest BCUT2D eigenvalue weighted by atomic mass is 10.3. The maximum atomic E-state index is 12.1. The largest absolute Gasteiger partial charge is 0.494 e. The van der Waals surface area contributed by atoms with Gasteiger partial charge in [-0.3, -0.25) is 4.79 Å². The molecule has 0 heterocycles. The highest BCUT2D eigenvalue weighted by molar-refractivity contribution is 5.93. The van der Waals surface area contributed by atoms with Crippen molar-refractivity contribution in [2.45, 2.75) is 39.7 Å². The van der Waals surface area contributed by atoms with Gasteiger partial charge in [0, 0.05) is 17.4 Å². The van der Waals surface area contributed by atoms with Crippen molar-refractivity contribution in [1.82, 2.24) is 0 Å². The molecule has 0 aliphatic carbocycles. The van der Waals surface area contributed by atoms with E-state index in [9.17, 15) is 4.79 Å². The molecule has 2 N–H and O–H groups in total. The van der Waals surface area contributed by atoms with Crippen LogP contribution in [0, 0.1) is 0 Å². The molecule has 1 amide bonds. The molecule has 0 aliphatic rings. The van der Waals surface area contributed by atoms with Crippen LogP contribution in [0.4, 0.5) is 11.4 Å². The Hall–Kier alpha value is -2.69. The molecule has 2 aromatic carbocycles. The first-order valence-corrected chi connectivity index (χ1v) is 9.10. The normalized spacial score (nSPS) is 10.5. The molecule has 0 saturated heterocycles. The van der Waals surface area contributed by atoms with Gasteiger partial charge in [0.2, 0.25) is 5.91 Å². The van der Waals surface area contributed by atoms with Crippen molar-refractivity contribution in [3.8, 4) is 11.5 Å². The van der Waals surface area contributed by atoms with Crippen molar-refractivity contribution >= 4 is 17.3 Å². The zero-order chi connectivity index (χ0) is 18.8. The number of anilines is 2. The fourth-order valence-corrected chi connectivity index (χ4v) is 2.31. The Balaban J connectivity index is 1.80. The number of rotatable bonds is 10. The van der Waals surface area contributed by atoms with Gasteiger partial charge in [0.15, 0.2) is 0 Å². The van der Waals surface area contributed by atoms with E-state index in [1.54, 1.807) is 0 Å². The predicted octanol–water partition coefficient (Wildman–Crippen LogP) is 4.70. The van der Waals surface area contributed by atoms with Crippen molar-refractivity contribution in [3.63, 3.8) is 0 Å². The average molecular weight is 356 g/mol. The number of ether oxygens (including phenoxy) is 2. The molecule has 0 radical (unpaired) electrons. The summed E-state index contributed by atoms with van der Waals surface area (Å²) in [6.07, 6.45) is 2.25. The standard InChI is InChI=1S/C21H28N2O3/c1-4-5-13-25-20-8-6-7-18(14-20)23-21(24)15-22-17-9-11-19(12-10-17)26-16(2)3/h6-12,14,16,22H,4-5,13,15H2,1-3H3,(H,23,24). The lowest BCUT2D eigenvalue weighted by molar-refractivity contribution is -0.114. The topological polar surface area (TPSA) is 59.6 Å². The summed E-state index contributed by atoms with van der Waals surface area (Å²) in [4.78, 5) is 12.1. The molecule has 0 spiro atoms. The molecule has 2 aromatic rings. The molecule has 5 nitrogen and oxygen atoms in total. The predicted molar refractivity (Wildman–Crippen MR) is 106 cm³/mol. The molecule has 0 unspecified atom stereocenters. The zero-order valence-electron chi connectivity index (χ0n) is 15.7. The van der Waals surface area contributed by atoms with E-state index in [-0.39, 0.29) is 18.6 Å². The van der Waals surface area contributed by atoms with E-state index in [0.717, 1.165) is 35.7 Å². The second-order valence-corrected chi connectivity index (χ2v) is 6.32. The average Bonchev–Trinajstić information content (AvgIpc) is 2.61. The van der Waals surface area contributed by atoms with Crippen molar-refractivity contribution in [3.05, 3.63) is 48.5 Å². The molecule has 26 heavy (non-hydrogen) atoms. The Morgan fingerprint density at radius 3 is 2.50 bits per heavy atom. The monoisotopic (exact) mass is 356 g/mol. The van der Waals surface area contributed by atoms with E-state index >= 15 is 0 Å². The molecule has 5 heteroatoms. The van der Waals surface area contributed by atoms with E-state index in [1.165, 1.54) is 0 Å². The van der Waals surface area contributed by atoms with Gasteiger partial charge in [-0.2, -0.15) is 0 Å². The van der Waals surface area contributed by atoms with Gasteiger partial charge in [-0.15, -0.1) is 0 Å². The van der Waals surface area contributed by atoms with Crippen LogP contribution in [0.1, 0.15) is 33.6 Å². The fraction of sp³-hybridized carbons (Fsp3) is 0.381. The van der Waals surface area contributed by atoms with Crippen LogP contribution < -0.4 is 20.1 Å². The highest BCUT2D eigenvalue weighted by Gasteiger charge is 2.04. The Labute approximate surface area is 155 Å². The molecule has 0 atom stereocenters. The van der Waals surface area contributed by atoms with Gasteiger partial charge in [0.05, 0.1) is 19.3 Å². The number of carbonyl (C=O) groups is 1. The molecule has 0 saturated carbocycles. The number of unbranched alkanes of at least 4 members (excludes halogenated alkanes) is 1. The number of benzene rings is 2. The number of nitrogens with one attached hydrogen (secondary N) is 2. The second kappa shape index (κ2) is 10.3. The van der Waals surface area contributed by atoms with E-state index in [4.69, 9.17) is 9.47 Å². The van der Waals surface area contributed by atoms with Crippen molar-refractivity contribution in [2.24, 2.45) is 0 Å². The third-order valence-corrected chi connectivity index (χ3v) is 3.56. The lowest BCUT2D eigenvalue weighted by Crippen LogP contribution is -2.21. The van der Waals surface area contributed by atoms with Gasteiger partial charge in [-0.1, -0.05) is 19.4 Å². The van der Waals surface area contributed by atoms with Gasteiger partial charge < -0.3 is 20.1 Å². The third-order valence-electron chi connectivity index (χ3n) is 3.56. The van der Waals surface area contributed by atoms with Crippen LogP contribution in [-0.2, 0) is 4.79 Å². The Morgan fingerprint density at radius 2 is 1.81 bits per heavy atom. The Bertz CT molecular complexity index is 684. The highest BCUT2D eigenvalue weighted by atomic mass is 16.5. The first-order valence-electron chi connectivity index (χ1n) is 9.10. The molecule has 140 valence electrons. The SMILES string of the molecule is CCCCOc1cccc(NC(=O)CNc2ccc(OC(C)C)cc2)c1. The summed E-state index contributed by atoms with van der Waals surface area (Å²) in [5.74, 6) is 1.47. The smallest absolute Gasteiger partial charge is 0.243 e. The lowest BCUT2D eigenvalue weighted by Gasteiger charge is -2.12. The van der Waals surface area contributed by atoms with Gasteiger partial charge in [0.1, 0.15) is 11.5 Å². The number of hydrogen-bond acceptors (Lipinski definition) is 4. The van der Waals surface area contributed by atoms with Crippen LogP contribution in [-0.4, -0.2) is 25.2 Å². The van der Waals surface area contributed by atoms with Gasteiger partial charge >= 0.3 is 0 Å². The zero-order valence-corrected chi connectivity index (χ0v) is 15.7. The summed E-state index contributed by atoms with van der Waals surface area (Å²) in [5.41, 5.74) is 1.60. The summed E-state index contributed by atoms with van der Waals surface area (Å²) >= 11 is 0. The Kier molecular flexibility index (Phi) is 7.80. The van der Waals surface area contributed by atoms with E-state index in [0.29, 0.717) is 6.61 Å². The minimum Gasteiger partial charge on any atom is -0.494 e. The number of hydrogen-bond donors (Lipinski definition) is 2. The van der Waals surface area contributed by atoms with Crippen LogP contribution in [0.3, 0.4) is 0 Å². The number of amides is 1. The highest BCUT2D eigenvalue weighted by Crippen LogP contribution is 2.18. The second-order valence-electron chi connectivity index (χ2n) is 6.32. The van der Waals surface area contributed by atoms with Crippen LogP contribution in [0.15, 0.2) is 48.5 Å². The van der Waals surface area contributed by atoms with Crippen LogP contribution in [0.25, 0.3) is 0 Å². The minimum atomic E-state index is -0.113. The van der Waals surface area contributed by atoms with Gasteiger partial charge in [-0.05, 0) is 56.7 Å². The van der Waals surface area contributed by atoms with Crippen LogP contribution in [0.5, 0.6) is 11.5 Å². The molecule has 0 aliphatic heterocycles. The molecular weight excluding hydrogens is 328 g/mol. The van der Waals surface area contributed by atoms with E-state index < -0.39 is 0 Å². The summed E-state index contributed by atoms with van der Waals surface area (Å²) in [6.45, 7) is 6.97. The third kappa shape index (κ3) is 7.05.